The molecule has 3 heterocycles. The number of fused-ring (bicyclic) bond motifs is 1. The van der Waals surface area contributed by atoms with Gasteiger partial charge < -0.3 is 24.7 Å². The average Bonchev–Trinajstić information content (AvgIpc) is 3.50. The van der Waals surface area contributed by atoms with E-state index in [0.717, 1.165) is 22.4 Å². The first-order valence-electron chi connectivity index (χ1n) is 13.2. The van der Waals surface area contributed by atoms with Gasteiger partial charge in [-0.25, -0.2) is 0 Å². The summed E-state index contributed by atoms with van der Waals surface area (Å²) in [5.74, 6) is -4.09. The lowest BCUT2D eigenvalue weighted by molar-refractivity contribution is -0.150. The number of amides is 2. The Bertz CT molecular complexity index is 1280. The third kappa shape index (κ3) is 4.31. The van der Waals surface area contributed by atoms with Gasteiger partial charge in [-0.3, -0.25) is 14.4 Å². The number of aryl methyl sites for hydroxylation is 2. The number of carboxylic acids is 1. The number of likely N-dealkylation sites (tertiary alicyclic amines) is 1. The summed E-state index contributed by atoms with van der Waals surface area (Å²) >= 11 is 3.59. The summed E-state index contributed by atoms with van der Waals surface area (Å²) in [7, 11) is 0. The molecule has 3 aliphatic heterocycles. The molecule has 0 saturated carbocycles. The van der Waals surface area contributed by atoms with Gasteiger partial charge in [-0.2, -0.15) is 0 Å². The molecule has 39 heavy (non-hydrogen) atoms. The van der Waals surface area contributed by atoms with Crippen molar-refractivity contribution >= 4 is 39.4 Å². The van der Waals surface area contributed by atoms with E-state index in [9.17, 15) is 24.6 Å². The van der Waals surface area contributed by atoms with Crippen LogP contribution in [0.1, 0.15) is 23.1 Å². The van der Waals surface area contributed by atoms with E-state index in [0.29, 0.717) is 12.8 Å². The summed E-state index contributed by atoms with van der Waals surface area (Å²) < 4.78 is 6.43. The van der Waals surface area contributed by atoms with E-state index in [4.69, 9.17) is 4.74 Å². The zero-order chi connectivity index (χ0) is 28.1. The van der Waals surface area contributed by atoms with Crippen molar-refractivity contribution in [3.8, 4) is 0 Å². The fraction of sp³-hybridized carbons (Fsp3) is 0.433. The number of alkyl halides is 1. The Morgan fingerprint density at radius 3 is 2.46 bits per heavy atom. The molecule has 7 atom stereocenters. The first-order valence-corrected chi connectivity index (χ1v) is 14.1. The number of aliphatic carboxylic acids is 1. The summed E-state index contributed by atoms with van der Waals surface area (Å²) in [4.78, 5) is 44.1. The lowest BCUT2D eigenvalue weighted by Crippen LogP contribution is -2.59. The van der Waals surface area contributed by atoms with Gasteiger partial charge in [-0.15, -0.1) is 6.58 Å². The van der Waals surface area contributed by atoms with Crippen LogP contribution in [-0.4, -0.2) is 74.7 Å². The fourth-order valence-corrected chi connectivity index (χ4v) is 7.90. The SMILES string of the molecule is C=CCN(C(=O)C1N([C@@H](CO)Cc2ccccc2)C(=O)[C@@H]2[C@@H](C(=O)O)[C@@H]3OC12CC3Br)c1c(C)cccc1C. The average molecular weight is 598 g/mol. The van der Waals surface area contributed by atoms with Gasteiger partial charge in [0, 0.05) is 17.1 Å². The molecule has 3 fully saturated rings. The molecule has 206 valence electrons. The number of carbonyl (C=O) groups is 3. The molecule has 1 spiro atoms. The second kappa shape index (κ2) is 10.5. The minimum atomic E-state index is -1.34. The normalized spacial score (nSPS) is 29.8. The van der Waals surface area contributed by atoms with Crippen molar-refractivity contribution < 1.29 is 29.3 Å². The van der Waals surface area contributed by atoms with E-state index in [2.05, 4.69) is 22.5 Å². The van der Waals surface area contributed by atoms with Crippen molar-refractivity contribution in [1.29, 1.82) is 0 Å². The van der Waals surface area contributed by atoms with E-state index in [1.54, 1.807) is 11.0 Å². The maximum atomic E-state index is 14.7. The van der Waals surface area contributed by atoms with E-state index >= 15 is 0 Å². The van der Waals surface area contributed by atoms with Crippen molar-refractivity contribution in [3.05, 3.63) is 77.9 Å². The van der Waals surface area contributed by atoms with Crippen LogP contribution in [0.2, 0.25) is 0 Å². The third-order valence-corrected chi connectivity index (χ3v) is 9.30. The van der Waals surface area contributed by atoms with Crippen LogP contribution in [0.15, 0.2) is 61.2 Å². The van der Waals surface area contributed by atoms with Crippen molar-refractivity contribution in [2.24, 2.45) is 11.8 Å². The summed E-state index contributed by atoms with van der Waals surface area (Å²) in [6, 6.07) is 13.3. The quantitative estimate of drug-likeness (QED) is 0.340. The van der Waals surface area contributed by atoms with Crippen molar-refractivity contribution in [2.75, 3.05) is 18.1 Å². The van der Waals surface area contributed by atoms with E-state index in [-0.39, 0.29) is 17.3 Å². The number of anilines is 1. The van der Waals surface area contributed by atoms with Crippen molar-refractivity contribution in [3.63, 3.8) is 0 Å². The molecular formula is C30H33BrN2O6. The lowest BCUT2D eigenvalue weighted by atomic mass is 9.70. The number of para-hydroxylation sites is 1. The molecule has 2 bridgehead atoms. The Morgan fingerprint density at radius 2 is 1.87 bits per heavy atom. The summed E-state index contributed by atoms with van der Waals surface area (Å²) in [5.41, 5.74) is 2.04. The van der Waals surface area contributed by atoms with Gasteiger partial charge in [0.05, 0.1) is 30.6 Å². The number of carbonyl (C=O) groups excluding carboxylic acids is 2. The van der Waals surface area contributed by atoms with Gasteiger partial charge in [0.15, 0.2) is 0 Å². The molecule has 2 amide bonds. The van der Waals surface area contributed by atoms with Crippen LogP contribution in [0, 0.1) is 25.7 Å². The zero-order valence-electron chi connectivity index (χ0n) is 22.0. The maximum absolute atomic E-state index is 14.7. The molecule has 0 radical (unpaired) electrons. The number of hydrogen-bond acceptors (Lipinski definition) is 5. The van der Waals surface area contributed by atoms with Gasteiger partial charge in [-0.05, 0) is 43.4 Å². The van der Waals surface area contributed by atoms with Gasteiger partial charge in [0.1, 0.15) is 11.6 Å². The van der Waals surface area contributed by atoms with Crippen LogP contribution in [-0.2, 0) is 25.5 Å². The summed E-state index contributed by atoms with van der Waals surface area (Å²) in [5, 5.41) is 20.7. The highest BCUT2D eigenvalue weighted by Gasteiger charge is 2.77. The Kier molecular flexibility index (Phi) is 7.43. The van der Waals surface area contributed by atoms with Crippen LogP contribution < -0.4 is 4.90 Å². The number of hydrogen-bond donors (Lipinski definition) is 2. The molecule has 2 aromatic carbocycles. The number of aliphatic hydroxyl groups excluding tert-OH is 1. The number of halogens is 1. The summed E-state index contributed by atoms with van der Waals surface area (Å²) in [6.07, 6.45) is 1.51. The smallest absolute Gasteiger partial charge is 0.310 e. The minimum absolute atomic E-state index is 0.190. The Balaban J connectivity index is 1.66. The lowest BCUT2D eigenvalue weighted by Gasteiger charge is -2.40. The number of nitrogens with zero attached hydrogens (tertiary/aromatic N) is 2. The van der Waals surface area contributed by atoms with Crippen LogP contribution in [0.25, 0.3) is 0 Å². The predicted octanol–water partition coefficient (Wildman–Crippen LogP) is 3.26. The fourth-order valence-electron chi connectivity index (χ4n) is 6.96. The molecule has 8 nitrogen and oxygen atoms in total. The highest BCUT2D eigenvalue weighted by atomic mass is 79.9. The molecule has 2 N–H and O–H groups in total. The monoisotopic (exact) mass is 596 g/mol. The molecule has 2 aromatic rings. The van der Waals surface area contributed by atoms with E-state index < -0.39 is 54.1 Å². The molecule has 3 unspecified atom stereocenters. The van der Waals surface area contributed by atoms with Crippen molar-refractivity contribution in [1.82, 2.24) is 4.90 Å². The van der Waals surface area contributed by atoms with Gasteiger partial charge >= 0.3 is 5.97 Å². The molecule has 5 rings (SSSR count). The van der Waals surface area contributed by atoms with Gasteiger partial charge in [0.25, 0.3) is 5.91 Å². The molecule has 9 heteroatoms. The highest BCUT2D eigenvalue weighted by molar-refractivity contribution is 9.09. The standard InChI is InChI=1S/C30H33BrN2O6/c1-4-13-32(24-17(2)9-8-10-18(24)3)28(36)26-30-15-21(31)25(39-30)22(29(37)38)23(30)27(35)33(26)20(16-34)14-19-11-6-5-7-12-19/h4-12,20-23,25-26,34H,1,13-16H2,2-3H3,(H,37,38)/t20-,21?,22-,23+,25-,26?,30?/m1/s1. The van der Waals surface area contributed by atoms with Gasteiger partial charge in [0.2, 0.25) is 5.91 Å². The second-order valence-electron chi connectivity index (χ2n) is 10.8. The van der Waals surface area contributed by atoms with Crippen LogP contribution in [0.3, 0.4) is 0 Å². The molecule has 3 aliphatic rings. The van der Waals surface area contributed by atoms with Crippen LogP contribution in [0.5, 0.6) is 0 Å². The highest BCUT2D eigenvalue weighted by Crippen LogP contribution is 2.60. The number of ether oxygens (including phenoxy) is 1. The number of carboxylic acid groups (broad SMARTS) is 1. The Morgan fingerprint density at radius 1 is 1.21 bits per heavy atom. The first kappa shape index (κ1) is 27.6. The molecule has 3 saturated heterocycles. The van der Waals surface area contributed by atoms with Gasteiger partial charge in [-0.1, -0.05) is 70.5 Å². The van der Waals surface area contributed by atoms with Crippen LogP contribution >= 0.6 is 15.9 Å². The number of benzene rings is 2. The van der Waals surface area contributed by atoms with E-state index in [1.807, 2.05) is 62.4 Å². The maximum Gasteiger partial charge on any atom is 0.310 e. The first-order chi connectivity index (χ1) is 18.7. The predicted molar refractivity (Wildman–Crippen MR) is 150 cm³/mol. The largest absolute Gasteiger partial charge is 0.481 e. The molecular weight excluding hydrogens is 564 g/mol. The Hall–Kier alpha value is -3.01. The Labute approximate surface area is 236 Å². The third-order valence-electron chi connectivity index (χ3n) is 8.45. The molecule has 0 aromatic heterocycles. The number of aliphatic hydroxyl groups is 1. The van der Waals surface area contributed by atoms with Crippen molar-refractivity contribution in [2.45, 2.75) is 55.3 Å². The topological polar surface area (TPSA) is 107 Å². The molecule has 0 aliphatic carbocycles. The number of rotatable bonds is 9. The minimum Gasteiger partial charge on any atom is -0.481 e. The van der Waals surface area contributed by atoms with Crippen LogP contribution in [0.4, 0.5) is 5.69 Å². The summed E-state index contributed by atoms with van der Waals surface area (Å²) in [6.45, 7) is 7.50. The van der Waals surface area contributed by atoms with E-state index in [1.165, 1.54) is 4.90 Å². The zero-order valence-corrected chi connectivity index (χ0v) is 23.6. The second-order valence-corrected chi connectivity index (χ2v) is 11.9.